The lowest BCUT2D eigenvalue weighted by Gasteiger charge is -2.26. The lowest BCUT2D eigenvalue weighted by Crippen LogP contribution is -2.48. The van der Waals surface area contributed by atoms with Crippen molar-refractivity contribution in [3.8, 4) is 0 Å². The standard InChI is InChI=1S/C11H18N2O8/c1-21-10(18)4-7(11(19)20)13(6-9(16)17)3-2-12-5-8(14)15/h7,12H,2-6H2,1H3,(H,14,15)(H,16,17)(H,19,20). The number of esters is 1. The van der Waals surface area contributed by atoms with Crippen LogP contribution in [0.15, 0.2) is 0 Å². The maximum atomic E-state index is 11.2. The van der Waals surface area contributed by atoms with Crippen LogP contribution in [0, 0.1) is 0 Å². The summed E-state index contributed by atoms with van der Waals surface area (Å²) in [5.41, 5.74) is 0. The number of methoxy groups -OCH3 is 1. The van der Waals surface area contributed by atoms with Gasteiger partial charge in [0.05, 0.1) is 26.6 Å². The highest BCUT2D eigenvalue weighted by Gasteiger charge is 2.29. The highest BCUT2D eigenvalue weighted by molar-refractivity contribution is 5.82. The maximum Gasteiger partial charge on any atom is 0.321 e. The van der Waals surface area contributed by atoms with Crippen molar-refractivity contribution in [2.45, 2.75) is 12.5 Å². The van der Waals surface area contributed by atoms with E-state index >= 15 is 0 Å². The van der Waals surface area contributed by atoms with Gasteiger partial charge in [0.25, 0.3) is 0 Å². The van der Waals surface area contributed by atoms with E-state index in [1.165, 1.54) is 0 Å². The van der Waals surface area contributed by atoms with E-state index in [0.717, 1.165) is 12.0 Å². The summed E-state index contributed by atoms with van der Waals surface area (Å²) in [4.78, 5) is 44.5. The molecule has 0 amide bonds. The van der Waals surface area contributed by atoms with Crippen LogP contribution < -0.4 is 5.32 Å². The Morgan fingerprint density at radius 3 is 2.19 bits per heavy atom. The fourth-order valence-corrected chi connectivity index (χ4v) is 1.55. The van der Waals surface area contributed by atoms with Gasteiger partial charge in [-0.2, -0.15) is 0 Å². The third kappa shape index (κ3) is 8.55. The molecule has 0 spiro atoms. The number of hydrogen-bond acceptors (Lipinski definition) is 7. The number of carbonyl (C=O) groups excluding carboxylic acids is 1. The Hall–Kier alpha value is -2.20. The van der Waals surface area contributed by atoms with E-state index in [2.05, 4.69) is 10.1 Å². The molecule has 0 saturated carbocycles. The van der Waals surface area contributed by atoms with E-state index in [4.69, 9.17) is 15.3 Å². The molecule has 10 nitrogen and oxygen atoms in total. The van der Waals surface area contributed by atoms with Crippen molar-refractivity contribution in [2.75, 3.05) is 33.3 Å². The molecule has 0 saturated heterocycles. The zero-order valence-corrected chi connectivity index (χ0v) is 11.4. The minimum absolute atomic E-state index is 0.0481. The van der Waals surface area contributed by atoms with Gasteiger partial charge in [0.2, 0.25) is 0 Å². The maximum absolute atomic E-state index is 11.2. The first-order valence-corrected chi connectivity index (χ1v) is 5.96. The van der Waals surface area contributed by atoms with Crippen LogP contribution in [0.4, 0.5) is 0 Å². The van der Waals surface area contributed by atoms with E-state index < -0.39 is 42.9 Å². The van der Waals surface area contributed by atoms with Crippen LogP contribution in [0.1, 0.15) is 6.42 Å². The molecule has 0 aliphatic rings. The van der Waals surface area contributed by atoms with Gasteiger partial charge in [-0.05, 0) is 0 Å². The Labute approximate surface area is 120 Å². The molecule has 0 fully saturated rings. The molecular weight excluding hydrogens is 288 g/mol. The first-order chi connectivity index (χ1) is 9.77. The van der Waals surface area contributed by atoms with Crippen molar-refractivity contribution in [1.29, 1.82) is 0 Å². The average molecular weight is 306 g/mol. The molecule has 10 heteroatoms. The summed E-state index contributed by atoms with van der Waals surface area (Å²) in [7, 11) is 1.09. The minimum Gasteiger partial charge on any atom is -0.480 e. The summed E-state index contributed by atoms with van der Waals surface area (Å²) in [6.07, 6.45) is -0.502. The molecule has 0 radical (unpaired) electrons. The van der Waals surface area contributed by atoms with Gasteiger partial charge >= 0.3 is 23.9 Å². The van der Waals surface area contributed by atoms with Crippen LogP contribution in [-0.4, -0.2) is 83.4 Å². The molecule has 0 rings (SSSR count). The van der Waals surface area contributed by atoms with Crippen molar-refractivity contribution >= 4 is 23.9 Å². The fraction of sp³-hybridized carbons (Fsp3) is 0.636. The quantitative estimate of drug-likeness (QED) is 0.250. The van der Waals surface area contributed by atoms with Gasteiger partial charge in [0.1, 0.15) is 6.04 Å². The molecular formula is C11H18N2O8. The topological polar surface area (TPSA) is 153 Å². The molecule has 120 valence electrons. The third-order valence-corrected chi connectivity index (χ3v) is 2.50. The molecule has 1 atom stereocenters. The van der Waals surface area contributed by atoms with Crippen molar-refractivity contribution in [3.63, 3.8) is 0 Å². The summed E-state index contributed by atoms with van der Waals surface area (Å²) in [6.45, 7) is -0.920. The zero-order chi connectivity index (χ0) is 16.4. The van der Waals surface area contributed by atoms with Gasteiger partial charge in [0, 0.05) is 13.1 Å². The molecule has 0 bridgehead atoms. The predicted molar refractivity (Wildman–Crippen MR) is 67.8 cm³/mol. The van der Waals surface area contributed by atoms with Crippen LogP contribution in [0.3, 0.4) is 0 Å². The number of aliphatic carboxylic acids is 3. The van der Waals surface area contributed by atoms with Gasteiger partial charge < -0.3 is 25.4 Å². The Morgan fingerprint density at radius 1 is 1.14 bits per heavy atom. The summed E-state index contributed by atoms with van der Waals surface area (Å²) in [6, 6.07) is -1.36. The van der Waals surface area contributed by atoms with E-state index in [9.17, 15) is 19.2 Å². The number of hydrogen-bond donors (Lipinski definition) is 4. The lowest BCUT2D eigenvalue weighted by atomic mass is 10.1. The van der Waals surface area contributed by atoms with Gasteiger partial charge in [-0.25, -0.2) is 0 Å². The molecule has 21 heavy (non-hydrogen) atoms. The van der Waals surface area contributed by atoms with Gasteiger partial charge in [-0.15, -0.1) is 0 Å². The van der Waals surface area contributed by atoms with Crippen LogP contribution in [0.5, 0.6) is 0 Å². The molecule has 0 aromatic carbocycles. The Morgan fingerprint density at radius 2 is 1.76 bits per heavy atom. The molecule has 0 aliphatic heterocycles. The highest BCUT2D eigenvalue weighted by atomic mass is 16.5. The predicted octanol–water partition coefficient (Wildman–Crippen LogP) is -1.94. The number of nitrogens with one attached hydrogen (secondary N) is 1. The van der Waals surface area contributed by atoms with Gasteiger partial charge in [-0.3, -0.25) is 24.1 Å². The number of carboxylic acids is 3. The van der Waals surface area contributed by atoms with Crippen LogP contribution in [0.25, 0.3) is 0 Å². The van der Waals surface area contributed by atoms with Crippen molar-refractivity contribution in [2.24, 2.45) is 0 Å². The average Bonchev–Trinajstić information content (AvgIpc) is 2.38. The van der Waals surface area contributed by atoms with E-state index in [-0.39, 0.29) is 19.6 Å². The Bertz CT molecular complexity index is 398. The van der Waals surface area contributed by atoms with E-state index in [1.54, 1.807) is 0 Å². The summed E-state index contributed by atoms with van der Waals surface area (Å²) >= 11 is 0. The number of ether oxygens (including phenoxy) is 1. The molecule has 1 unspecified atom stereocenters. The second kappa shape index (κ2) is 9.66. The lowest BCUT2D eigenvalue weighted by molar-refractivity contribution is -0.153. The SMILES string of the molecule is COC(=O)CC(C(=O)O)N(CCNCC(=O)O)CC(=O)O. The van der Waals surface area contributed by atoms with Gasteiger partial charge in [-0.1, -0.05) is 0 Å². The number of rotatable bonds is 11. The van der Waals surface area contributed by atoms with E-state index in [0.29, 0.717) is 0 Å². The summed E-state index contributed by atoms with van der Waals surface area (Å²) in [5.74, 6) is -4.50. The molecule has 4 N–H and O–H groups in total. The largest absolute Gasteiger partial charge is 0.480 e. The Kier molecular flexibility index (Phi) is 8.65. The zero-order valence-electron chi connectivity index (χ0n) is 11.4. The van der Waals surface area contributed by atoms with Crippen LogP contribution in [-0.2, 0) is 23.9 Å². The smallest absolute Gasteiger partial charge is 0.321 e. The van der Waals surface area contributed by atoms with Crippen LogP contribution >= 0.6 is 0 Å². The number of nitrogens with zero attached hydrogens (tertiary/aromatic N) is 1. The van der Waals surface area contributed by atoms with E-state index in [1.807, 2.05) is 0 Å². The number of carboxylic acid groups (broad SMARTS) is 3. The highest BCUT2D eigenvalue weighted by Crippen LogP contribution is 2.06. The first kappa shape index (κ1) is 18.8. The molecule has 0 aromatic rings. The Balaban J connectivity index is 4.72. The third-order valence-electron chi connectivity index (χ3n) is 2.50. The second-order valence-corrected chi connectivity index (χ2v) is 4.07. The first-order valence-electron chi connectivity index (χ1n) is 5.96. The monoisotopic (exact) mass is 306 g/mol. The molecule has 0 heterocycles. The van der Waals surface area contributed by atoms with Crippen molar-refractivity contribution in [1.82, 2.24) is 10.2 Å². The summed E-state index contributed by atoms with van der Waals surface area (Å²) < 4.78 is 4.37. The normalized spacial score (nSPS) is 11.9. The number of carbonyl (C=O) groups is 4. The van der Waals surface area contributed by atoms with Crippen molar-refractivity contribution < 1.29 is 39.2 Å². The van der Waals surface area contributed by atoms with Crippen LogP contribution in [0.2, 0.25) is 0 Å². The van der Waals surface area contributed by atoms with Crippen molar-refractivity contribution in [3.05, 3.63) is 0 Å². The minimum atomic E-state index is -1.36. The fourth-order valence-electron chi connectivity index (χ4n) is 1.55. The molecule has 0 aliphatic carbocycles. The van der Waals surface area contributed by atoms with Gasteiger partial charge in [0.15, 0.2) is 0 Å². The molecule has 0 aromatic heterocycles. The second-order valence-electron chi connectivity index (χ2n) is 4.07. The summed E-state index contributed by atoms with van der Waals surface area (Å²) in [5, 5.41) is 28.8.